The van der Waals surface area contributed by atoms with Gasteiger partial charge in [0.2, 0.25) is 0 Å². The highest BCUT2D eigenvalue weighted by Crippen LogP contribution is 2.33. The highest BCUT2D eigenvalue weighted by Gasteiger charge is 2.21. The molecule has 0 aliphatic carbocycles. The van der Waals surface area contributed by atoms with Crippen molar-refractivity contribution in [2.75, 3.05) is 0 Å². The van der Waals surface area contributed by atoms with E-state index in [2.05, 4.69) is 74.2 Å². The van der Waals surface area contributed by atoms with Gasteiger partial charge in [-0.15, -0.1) is 11.3 Å². The second kappa shape index (κ2) is 4.62. The minimum Gasteiger partial charge on any atom is -0.135 e. The minimum atomic E-state index is -1.30. The molecule has 1 heterocycles. The molecular weight excluding hydrogens is 264 g/mol. The summed E-state index contributed by atoms with van der Waals surface area (Å²) in [5.74, 6) is 0. The van der Waals surface area contributed by atoms with Gasteiger partial charge >= 0.3 is 0 Å². The smallest absolute Gasteiger partial charge is 0.0784 e. The first kappa shape index (κ1) is 12.6. The quantitative estimate of drug-likeness (QED) is 0.573. The first-order chi connectivity index (χ1) is 9.05. The lowest BCUT2D eigenvalue weighted by atomic mass is 10.1. The molecule has 3 aromatic rings. The molecule has 0 saturated carbocycles. The number of thiophene rings is 1. The number of hydrogen-bond acceptors (Lipinski definition) is 1. The summed E-state index contributed by atoms with van der Waals surface area (Å²) in [4.78, 5) is 1.40. The Hall–Kier alpha value is -1.38. The molecule has 1 aromatic heterocycles. The van der Waals surface area contributed by atoms with Crippen LogP contribution in [0.4, 0.5) is 0 Å². The average molecular weight is 282 g/mol. The van der Waals surface area contributed by atoms with Crippen molar-refractivity contribution in [2.24, 2.45) is 0 Å². The Balaban J connectivity index is 2.22. The zero-order chi connectivity index (χ0) is 13.5. The normalized spacial score (nSPS) is 11.9. The topological polar surface area (TPSA) is 0 Å². The van der Waals surface area contributed by atoms with Crippen LogP contribution in [-0.2, 0) is 0 Å². The molecule has 2 heteroatoms. The van der Waals surface area contributed by atoms with Crippen LogP contribution in [-0.4, -0.2) is 8.07 Å². The molecule has 0 saturated heterocycles. The van der Waals surface area contributed by atoms with Gasteiger partial charge in [0.1, 0.15) is 0 Å². The molecule has 0 fully saturated rings. The van der Waals surface area contributed by atoms with E-state index in [4.69, 9.17) is 0 Å². The van der Waals surface area contributed by atoms with Crippen molar-refractivity contribution in [1.29, 1.82) is 0 Å². The molecule has 0 radical (unpaired) electrons. The summed E-state index contributed by atoms with van der Waals surface area (Å²) in [6.45, 7) is 7.25. The van der Waals surface area contributed by atoms with Crippen molar-refractivity contribution in [3.63, 3.8) is 0 Å². The van der Waals surface area contributed by atoms with Crippen LogP contribution in [0.2, 0.25) is 19.6 Å². The van der Waals surface area contributed by atoms with E-state index in [9.17, 15) is 0 Å². The highest BCUT2D eigenvalue weighted by molar-refractivity contribution is 7.22. The van der Waals surface area contributed by atoms with Gasteiger partial charge in [0, 0.05) is 9.58 Å². The van der Waals surface area contributed by atoms with E-state index in [1.165, 1.54) is 20.5 Å². The SMILES string of the molecule is C[Si](C)(C)c1ccccc1-c1cc2ccccc2s1. The summed E-state index contributed by atoms with van der Waals surface area (Å²) in [7, 11) is -1.30. The van der Waals surface area contributed by atoms with E-state index in [0.29, 0.717) is 0 Å². The van der Waals surface area contributed by atoms with Crippen LogP contribution in [0.3, 0.4) is 0 Å². The summed E-state index contributed by atoms with van der Waals surface area (Å²) in [6, 6.07) is 19.9. The van der Waals surface area contributed by atoms with Gasteiger partial charge < -0.3 is 0 Å². The average Bonchev–Trinajstić information content (AvgIpc) is 2.81. The lowest BCUT2D eigenvalue weighted by molar-refractivity contribution is 1.67. The van der Waals surface area contributed by atoms with Crippen molar-refractivity contribution in [3.05, 3.63) is 54.6 Å². The van der Waals surface area contributed by atoms with Gasteiger partial charge in [-0.1, -0.05) is 67.3 Å². The third kappa shape index (κ3) is 2.38. The number of fused-ring (bicyclic) bond motifs is 1. The second-order valence-corrected chi connectivity index (χ2v) is 12.1. The third-order valence-electron chi connectivity index (χ3n) is 3.43. The monoisotopic (exact) mass is 282 g/mol. The van der Waals surface area contributed by atoms with Gasteiger partial charge in [0.05, 0.1) is 8.07 Å². The molecule has 0 bridgehead atoms. The Kier molecular flexibility index (Phi) is 3.07. The highest BCUT2D eigenvalue weighted by atomic mass is 32.1. The Morgan fingerprint density at radius 1 is 0.842 bits per heavy atom. The largest absolute Gasteiger partial charge is 0.135 e. The summed E-state index contributed by atoms with van der Waals surface area (Å²) < 4.78 is 1.38. The predicted octanol–water partition coefficient (Wildman–Crippen LogP) is 5.11. The summed E-state index contributed by atoms with van der Waals surface area (Å²) in [6.07, 6.45) is 0. The van der Waals surface area contributed by atoms with Gasteiger partial charge in [-0.3, -0.25) is 0 Å². The van der Waals surface area contributed by atoms with Crippen LogP contribution in [0.15, 0.2) is 54.6 Å². The molecule has 0 nitrogen and oxygen atoms in total. The molecule has 19 heavy (non-hydrogen) atoms. The maximum absolute atomic E-state index is 2.42. The summed E-state index contributed by atoms with van der Waals surface area (Å²) in [5, 5.41) is 2.91. The fourth-order valence-corrected chi connectivity index (χ4v) is 5.28. The molecule has 0 spiro atoms. The lowest BCUT2D eigenvalue weighted by Crippen LogP contribution is -2.38. The molecule has 0 amide bonds. The molecule has 0 aliphatic heterocycles. The molecule has 0 aliphatic rings. The standard InChI is InChI=1S/C17H18SSi/c1-19(2,3)17-11-7-5-9-14(17)16-12-13-8-4-6-10-15(13)18-16/h4-12H,1-3H3. The van der Waals surface area contributed by atoms with Crippen LogP contribution >= 0.6 is 11.3 Å². The van der Waals surface area contributed by atoms with E-state index in [-0.39, 0.29) is 0 Å². The van der Waals surface area contributed by atoms with Crippen molar-refractivity contribution in [3.8, 4) is 10.4 Å². The van der Waals surface area contributed by atoms with Crippen molar-refractivity contribution in [1.82, 2.24) is 0 Å². The summed E-state index contributed by atoms with van der Waals surface area (Å²) in [5.41, 5.74) is 1.43. The van der Waals surface area contributed by atoms with Gasteiger partial charge in [0.25, 0.3) is 0 Å². The lowest BCUT2D eigenvalue weighted by Gasteiger charge is -2.20. The maximum atomic E-state index is 2.42. The van der Waals surface area contributed by atoms with Crippen molar-refractivity contribution >= 4 is 34.7 Å². The predicted molar refractivity (Wildman–Crippen MR) is 90.2 cm³/mol. The zero-order valence-electron chi connectivity index (χ0n) is 11.6. The van der Waals surface area contributed by atoms with E-state index >= 15 is 0 Å². The fraction of sp³-hybridized carbons (Fsp3) is 0.176. The van der Waals surface area contributed by atoms with Crippen LogP contribution in [0, 0.1) is 0 Å². The van der Waals surface area contributed by atoms with Crippen LogP contribution in [0.5, 0.6) is 0 Å². The van der Waals surface area contributed by atoms with E-state index in [0.717, 1.165) is 0 Å². The molecule has 0 unspecified atom stereocenters. The van der Waals surface area contributed by atoms with Gasteiger partial charge in [-0.2, -0.15) is 0 Å². The summed E-state index contributed by atoms with van der Waals surface area (Å²) >= 11 is 1.90. The Bertz CT molecular complexity index is 686. The van der Waals surface area contributed by atoms with E-state index < -0.39 is 8.07 Å². The zero-order valence-corrected chi connectivity index (χ0v) is 13.4. The van der Waals surface area contributed by atoms with Crippen molar-refractivity contribution < 1.29 is 0 Å². The third-order valence-corrected chi connectivity index (χ3v) is 6.63. The second-order valence-electron chi connectivity index (χ2n) is 5.94. The van der Waals surface area contributed by atoms with Crippen LogP contribution in [0.25, 0.3) is 20.5 Å². The van der Waals surface area contributed by atoms with Gasteiger partial charge in [-0.25, -0.2) is 0 Å². The molecule has 96 valence electrons. The van der Waals surface area contributed by atoms with Crippen LogP contribution in [0.1, 0.15) is 0 Å². The first-order valence-electron chi connectivity index (χ1n) is 6.64. The molecule has 0 N–H and O–H groups in total. The fourth-order valence-electron chi connectivity index (χ4n) is 2.47. The van der Waals surface area contributed by atoms with Gasteiger partial charge in [-0.05, 0) is 23.1 Å². The number of hydrogen-bond donors (Lipinski definition) is 0. The Morgan fingerprint density at radius 3 is 2.26 bits per heavy atom. The Morgan fingerprint density at radius 2 is 1.53 bits per heavy atom. The van der Waals surface area contributed by atoms with E-state index in [1.807, 2.05) is 11.3 Å². The minimum absolute atomic E-state index is 1.30. The maximum Gasteiger partial charge on any atom is 0.0784 e. The Labute approximate surface area is 119 Å². The van der Waals surface area contributed by atoms with Gasteiger partial charge in [0.15, 0.2) is 0 Å². The van der Waals surface area contributed by atoms with Crippen LogP contribution < -0.4 is 5.19 Å². The first-order valence-corrected chi connectivity index (χ1v) is 11.0. The molecular formula is C17H18SSi. The number of benzene rings is 2. The molecule has 2 aromatic carbocycles. The molecule has 0 atom stereocenters. The number of rotatable bonds is 2. The van der Waals surface area contributed by atoms with Crippen molar-refractivity contribution in [2.45, 2.75) is 19.6 Å². The van der Waals surface area contributed by atoms with E-state index in [1.54, 1.807) is 5.19 Å². The molecule has 3 rings (SSSR count).